The first-order valence-electron chi connectivity index (χ1n) is 14.0. The van der Waals surface area contributed by atoms with Crippen LogP contribution in [0.25, 0.3) is 6.08 Å². The maximum absolute atomic E-state index is 14.0. The molecular weight excluding hydrogens is 562 g/mol. The number of rotatable bonds is 9. The van der Waals surface area contributed by atoms with E-state index in [9.17, 15) is 14.9 Å². The first kappa shape index (κ1) is 29.5. The van der Waals surface area contributed by atoms with Gasteiger partial charge in [-0.05, 0) is 63.6 Å². The van der Waals surface area contributed by atoms with E-state index >= 15 is 0 Å². The lowest BCUT2D eigenvalue weighted by atomic mass is 9.95. The van der Waals surface area contributed by atoms with Crippen molar-refractivity contribution >= 4 is 23.4 Å². The van der Waals surface area contributed by atoms with Gasteiger partial charge in [0, 0.05) is 11.1 Å². The molecular formula is C34H31N3O5S. The average Bonchev–Trinajstić information content (AvgIpc) is 3.29. The fourth-order valence-corrected chi connectivity index (χ4v) is 5.96. The molecule has 0 N–H and O–H groups in total. The number of thiazole rings is 1. The van der Waals surface area contributed by atoms with E-state index in [1.54, 1.807) is 30.6 Å². The van der Waals surface area contributed by atoms with Crippen LogP contribution in [0.3, 0.4) is 0 Å². The smallest absolute Gasteiger partial charge is 0.338 e. The Balaban J connectivity index is 1.57. The number of nitrogens with zero attached hydrogens (tertiary/aromatic N) is 3. The van der Waals surface area contributed by atoms with Crippen molar-refractivity contribution in [2.24, 2.45) is 4.99 Å². The molecule has 0 aliphatic carbocycles. The van der Waals surface area contributed by atoms with Gasteiger partial charge < -0.3 is 14.2 Å². The molecule has 0 radical (unpaired) electrons. The number of fused-ring (bicyclic) bond motifs is 1. The van der Waals surface area contributed by atoms with Gasteiger partial charge in [-0.2, -0.15) is 5.26 Å². The molecule has 9 heteroatoms. The highest BCUT2D eigenvalue weighted by atomic mass is 32.1. The van der Waals surface area contributed by atoms with Crippen molar-refractivity contribution in [2.75, 3.05) is 6.61 Å². The monoisotopic (exact) mass is 593 g/mol. The summed E-state index contributed by atoms with van der Waals surface area (Å²) in [7, 11) is 0. The summed E-state index contributed by atoms with van der Waals surface area (Å²) in [5.41, 5.74) is 3.30. The molecule has 0 amide bonds. The Morgan fingerprint density at radius 3 is 2.65 bits per heavy atom. The number of nitriles is 1. The molecule has 1 aliphatic heterocycles. The van der Waals surface area contributed by atoms with Gasteiger partial charge in [0.1, 0.15) is 24.1 Å². The molecule has 0 saturated heterocycles. The highest BCUT2D eigenvalue weighted by molar-refractivity contribution is 7.07. The molecule has 8 nitrogen and oxygen atoms in total. The number of esters is 1. The number of hydrogen-bond acceptors (Lipinski definition) is 8. The maximum Gasteiger partial charge on any atom is 0.338 e. The van der Waals surface area contributed by atoms with Crippen LogP contribution in [0.15, 0.2) is 93.9 Å². The first-order valence-corrected chi connectivity index (χ1v) is 14.8. The number of hydrogen-bond donors (Lipinski definition) is 0. The van der Waals surface area contributed by atoms with Crippen LogP contribution >= 0.6 is 11.3 Å². The Morgan fingerprint density at radius 1 is 1.12 bits per heavy atom. The van der Waals surface area contributed by atoms with Crippen LogP contribution in [0.4, 0.5) is 0 Å². The van der Waals surface area contributed by atoms with E-state index < -0.39 is 12.0 Å². The molecule has 43 heavy (non-hydrogen) atoms. The summed E-state index contributed by atoms with van der Waals surface area (Å²) in [6.07, 6.45) is 1.67. The van der Waals surface area contributed by atoms with Gasteiger partial charge in [-0.15, -0.1) is 0 Å². The number of allylic oxidation sites excluding steroid dienone is 1. The predicted molar refractivity (Wildman–Crippen MR) is 165 cm³/mol. The van der Waals surface area contributed by atoms with Gasteiger partial charge in [-0.25, -0.2) is 9.79 Å². The summed E-state index contributed by atoms with van der Waals surface area (Å²) in [5, 5.41) is 9.37. The van der Waals surface area contributed by atoms with Gasteiger partial charge in [0.2, 0.25) is 0 Å². The molecule has 2 heterocycles. The Hall–Kier alpha value is -4.94. The maximum atomic E-state index is 14.0. The quantitative estimate of drug-likeness (QED) is 0.252. The second kappa shape index (κ2) is 12.9. The van der Waals surface area contributed by atoms with E-state index in [0.717, 1.165) is 11.1 Å². The molecule has 1 aliphatic rings. The Kier molecular flexibility index (Phi) is 8.88. The lowest BCUT2D eigenvalue weighted by Crippen LogP contribution is -2.40. The average molecular weight is 594 g/mol. The first-order chi connectivity index (χ1) is 20.8. The fraction of sp³-hybridized carbons (Fsp3) is 0.235. The van der Waals surface area contributed by atoms with Crippen LogP contribution < -0.4 is 24.4 Å². The number of para-hydroxylation sites is 1. The molecule has 0 fully saturated rings. The van der Waals surface area contributed by atoms with Crippen molar-refractivity contribution in [2.45, 2.75) is 46.4 Å². The van der Waals surface area contributed by atoms with Crippen LogP contribution in [-0.2, 0) is 16.1 Å². The van der Waals surface area contributed by atoms with Crippen molar-refractivity contribution in [1.29, 1.82) is 5.26 Å². The summed E-state index contributed by atoms with van der Waals surface area (Å²) in [6.45, 7) is 7.79. The molecule has 3 aromatic carbocycles. The Bertz CT molecular complexity index is 1930. The van der Waals surface area contributed by atoms with Crippen molar-refractivity contribution in [3.05, 3.63) is 126 Å². The van der Waals surface area contributed by atoms with E-state index in [2.05, 4.69) is 11.1 Å². The van der Waals surface area contributed by atoms with E-state index in [4.69, 9.17) is 14.2 Å². The molecule has 4 aromatic rings. The van der Waals surface area contributed by atoms with E-state index in [0.29, 0.717) is 43.2 Å². The third-order valence-corrected chi connectivity index (χ3v) is 7.76. The van der Waals surface area contributed by atoms with Crippen LogP contribution in [0, 0.1) is 11.3 Å². The van der Waals surface area contributed by atoms with Crippen LogP contribution in [0.5, 0.6) is 11.5 Å². The summed E-state index contributed by atoms with van der Waals surface area (Å²) in [6, 6.07) is 23.5. The number of benzene rings is 3. The second-order valence-corrected chi connectivity index (χ2v) is 11.1. The SMILES string of the molecule is CCOC(=O)C1=C(C)N=c2s/c(=C\c3cccc(OCc4ccccc4C#N)c3)c(=O)n2[C@@H]1c1ccccc1OC(C)C. The Morgan fingerprint density at radius 2 is 1.88 bits per heavy atom. The minimum Gasteiger partial charge on any atom is -0.491 e. The van der Waals surface area contributed by atoms with Crippen molar-refractivity contribution < 1.29 is 19.0 Å². The highest BCUT2D eigenvalue weighted by Gasteiger charge is 2.35. The number of ether oxygens (including phenoxy) is 3. The molecule has 0 spiro atoms. The van der Waals surface area contributed by atoms with Gasteiger partial charge in [-0.3, -0.25) is 9.36 Å². The summed E-state index contributed by atoms with van der Waals surface area (Å²) in [4.78, 5) is 32.4. The van der Waals surface area contributed by atoms with Crippen molar-refractivity contribution in [1.82, 2.24) is 4.57 Å². The van der Waals surface area contributed by atoms with E-state index in [-0.39, 0.29) is 24.9 Å². The van der Waals surface area contributed by atoms with Crippen LogP contribution in [0.1, 0.15) is 56.0 Å². The van der Waals surface area contributed by atoms with Gasteiger partial charge in [0.15, 0.2) is 4.80 Å². The highest BCUT2D eigenvalue weighted by Crippen LogP contribution is 2.36. The summed E-state index contributed by atoms with van der Waals surface area (Å²) < 4.78 is 19.5. The zero-order chi connectivity index (χ0) is 30.5. The zero-order valence-corrected chi connectivity index (χ0v) is 25.2. The third-order valence-electron chi connectivity index (χ3n) is 6.78. The predicted octanol–water partition coefficient (Wildman–Crippen LogP) is 5.04. The fourth-order valence-electron chi connectivity index (χ4n) is 4.92. The van der Waals surface area contributed by atoms with Gasteiger partial charge in [0.05, 0.1) is 40.1 Å². The lowest BCUT2D eigenvalue weighted by molar-refractivity contribution is -0.139. The normalized spacial score (nSPS) is 14.6. The summed E-state index contributed by atoms with van der Waals surface area (Å²) in [5.74, 6) is 0.661. The topological polar surface area (TPSA) is 103 Å². The number of carbonyl (C=O) groups is 1. The molecule has 218 valence electrons. The zero-order valence-electron chi connectivity index (χ0n) is 24.4. The minimum absolute atomic E-state index is 0.115. The largest absolute Gasteiger partial charge is 0.491 e. The molecule has 1 aromatic heterocycles. The molecule has 0 bridgehead atoms. The number of aromatic nitrogens is 1. The third kappa shape index (κ3) is 6.30. The minimum atomic E-state index is -0.776. The molecule has 5 rings (SSSR count). The number of carbonyl (C=O) groups excluding carboxylic acids is 1. The van der Waals surface area contributed by atoms with Gasteiger partial charge in [-0.1, -0.05) is 59.9 Å². The summed E-state index contributed by atoms with van der Waals surface area (Å²) >= 11 is 1.25. The standard InChI is InChI=1S/C34H31N3O5S/c1-5-40-33(39)30-22(4)36-34-37(31(30)27-15-8-9-16-28(27)42-21(2)3)32(38)29(43-34)18-23-11-10-14-26(17-23)41-20-25-13-7-6-12-24(25)19-35/h6-18,21,31H,5,20H2,1-4H3/b29-18-/t31-/m1/s1. The second-order valence-electron chi connectivity index (χ2n) is 10.1. The van der Waals surface area contributed by atoms with E-state index in [1.165, 1.54) is 11.3 Å². The molecule has 0 saturated carbocycles. The van der Waals surface area contributed by atoms with Gasteiger partial charge >= 0.3 is 5.97 Å². The van der Waals surface area contributed by atoms with Crippen molar-refractivity contribution in [3.63, 3.8) is 0 Å². The van der Waals surface area contributed by atoms with Crippen molar-refractivity contribution in [3.8, 4) is 17.6 Å². The van der Waals surface area contributed by atoms with Crippen LogP contribution in [-0.4, -0.2) is 23.2 Å². The van der Waals surface area contributed by atoms with Crippen LogP contribution in [0.2, 0.25) is 0 Å². The lowest BCUT2D eigenvalue weighted by Gasteiger charge is -2.26. The molecule has 0 unspecified atom stereocenters. The molecule has 1 atom stereocenters. The van der Waals surface area contributed by atoms with E-state index in [1.807, 2.05) is 80.6 Å². The van der Waals surface area contributed by atoms with Gasteiger partial charge in [0.25, 0.3) is 5.56 Å². The Labute approximate surface area is 253 Å².